The Hall–Kier alpha value is -0.940. The van der Waals surface area contributed by atoms with Crippen molar-refractivity contribution in [2.45, 2.75) is 20.3 Å². The highest BCUT2D eigenvalue weighted by Gasteiger charge is 2.19. The third-order valence-electron chi connectivity index (χ3n) is 2.66. The van der Waals surface area contributed by atoms with Crippen LogP contribution >= 0.6 is 15.9 Å². The molecule has 0 unspecified atom stereocenters. The summed E-state index contributed by atoms with van der Waals surface area (Å²) < 4.78 is 5.71. The standard InChI is InChI=1S/C13H19BrN2O2/c1-13(2,7-8-18-3)9-15-12(17)10-5-4-6-11(14)16-10/h4-6H,7-9H2,1-3H3,(H,15,17). The first-order valence-corrected chi connectivity index (χ1v) is 6.63. The third-order valence-corrected chi connectivity index (χ3v) is 3.10. The Kier molecular flexibility index (Phi) is 5.75. The van der Waals surface area contributed by atoms with Gasteiger partial charge in [0.25, 0.3) is 5.91 Å². The van der Waals surface area contributed by atoms with Gasteiger partial charge in [0.15, 0.2) is 0 Å². The first-order chi connectivity index (χ1) is 8.44. The number of halogens is 1. The molecular weight excluding hydrogens is 296 g/mol. The van der Waals surface area contributed by atoms with Crippen LogP contribution < -0.4 is 5.32 Å². The average molecular weight is 315 g/mol. The van der Waals surface area contributed by atoms with Gasteiger partial charge in [-0.2, -0.15) is 0 Å². The maximum Gasteiger partial charge on any atom is 0.269 e. The zero-order valence-electron chi connectivity index (χ0n) is 11.0. The lowest BCUT2D eigenvalue weighted by Crippen LogP contribution is -2.35. The van der Waals surface area contributed by atoms with Gasteiger partial charge in [-0.05, 0) is 39.9 Å². The van der Waals surface area contributed by atoms with Gasteiger partial charge in [-0.25, -0.2) is 4.98 Å². The third kappa shape index (κ3) is 5.14. The van der Waals surface area contributed by atoms with Gasteiger partial charge in [0.1, 0.15) is 10.3 Å². The fourth-order valence-electron chi connectivity index (χ4n) is 1.41. The van der Waals surface area contributed by atoms with Gasteiger partial charge in [-0.15, -0.1) is 0 Å². The average Bonchev–Trinajstić information content (AvgIpc) is 2.34. The summed E-state index contributed by atoms with van der Waals surface area (Å²) in [7, 11) is 1.68. The molecule has 18 heavy (non-hydrogen) atoms. The Morgan fingerprint density at radius 3 is 2.83 bits per heavy atom. The summed E-state index contributed by atoms with van der Waals surface area (Å²) in [6.45, 7) is 5.49. The summed E-state index contributed by atoms with van der Waals surface area (Å²) in [5.74, 6) is -0.151. The van der Waals surface area contributed by atoms with Gasteiger partial charge < -0.3 is 10.1 Å². The summed E-state index contributed by atoms with van der Waals surface area (Å²) >= 11 is 3.25. The first kappa shape index (κ1) is 15.1. The van der Waals surface area contributed by atoms with E-state index >= 15 is 0 Å². The summed E-state index contributed by atoms with van der Waals surface area (Å²) in [4.78, 5) is 16.0. The SMILES string of the molecule is COCCC(C)(C)CNC(=O)c1cccc(Br)n1. The predicted molar refractivity (Wildman–Crippen MR) is 74.5 cm³/mol. The second-order valence-corrected chi connectivity index (χ2v) is 5.75. The van der Waals surface area contributed by atoms with E-state index in [0.717, 1.165) is 6.42 Å². The zero-order chi connectivity index (χ0) is 13.6. The van der Waals surface area contributed by atoms with E-state index in [1.165, 1.54) is 0 Å². The van der Waals surface area contributed by atoms with Crippen LogP contribution in [0.2, 0.25) is 0 Å². The van der Waals surface area contributed by atoms with Crippen LogP contribution in [0.4, 0.5) is 0 Å². The number of pyridine rings is 1. The summed E-state index contributed by atoms with van der Waals surface area (Å²) in [6.07, 6.45) is 0.899. The molecule has 5 heteroatoms. The van der Waals surface area contributed by atoms with Crippen molar-refractivity contribution in [3.63, 3.8) is 0 Å². The quantitative estimate of drug-likeness (QED) is 0.821. The molecule has 0 saturated heterocycles. The Bertz CT molecular complexity index is 408. The minimum atomic E-state index is -0.151. The molecule has 0 aliphatic rings. The molecule has 1 rings (SSSR count). The van der Waals surface area contributed by atoms with Crippen LogP contribution in [0.25, 0.3) is 0 Å². The van der Waals surface area contributed by atoms with Crippen LogP contribution in [-0.2, 0) is 4.74 Å². The van der Waals surface area contributed by atoms with Crippen molar-refractivity contribution in [2.75, 3.05) is 20.3 Å². The van der Waals surface area contributed by atoms with E-state index in [9.17, 15) is 4.79 Å². The molecule has 0 radical (unpaired) electrons. The molecule has 0 fully saturated rings. The normalized spacial score (nSPS) is 11.3. The molecular formula is C13H19BrN2O2. The van der Waals surface area contributed by atoms with Crippen molar-refractivity contribution < 1.29 is 9.53 Å². The predicted octanol–water partition coefficient (Wildman–Crippen LogP) is 2.64. The van der Waals surface area contributed by atoms with E-state index in [2.05, 4.69) is 40.1 Å². The number of nitrogens with zero attached hydrogens (tertiary/aromatic N) is 1. The van der Waals surface area contributed by atoms with E-state index in [0.29, 0.717) is 23.4 Å². The second kappa shape index (κ2) is 6.85. The number of amides is 1. The van der Waals surface area contributed by atoms with E-state index < -0.39 is 0 Å². The number of hydrogen-bond donors (Lipinski definition) is 1. The molecule has 0 aliphatic heterocycles. The molecule has 1 heterocycles. The smallest absolute Gasteiger partial charge is 0.269 e. The Labute approximate surface area is 116 Å². The van der Waals surface area contributed by atoms with Crippen molar-refractivity contribution in [3.8, 4) is 0 Å². The zero-order valence-corrected chi connectivity index (χ0v) is 12.6. The van der Waals surface area contributed by atoms with Crippen molar-refractivity contribution >= 4 is 21.8 Å². The lowest BCUT2D eigenvalue weighted by Gasteiger charge is -2.24. The fraction of sp³-hybridized carbons (Fsp3) is 0.538. The first-order valence-electron chi connectivity index (χ1n) is 5.84. The number of carbonyl (C=O) groups excluding carboxylic acids is 1. The molecule has 0 aliphatic carbocycles. The molecule has 4 nitrogen and oxygen atoms in total. The van der Waals surface area contributed by atoms with Gasteiger partial charge in [0, 0.05) is 20.3 Å². The van der Waals surface area contributed by atoms with Crippen molar-refractivity contribution in [1.82, 2.24) is 10.3 Å². The number of hydrogen-bond acceptors (Lipinski definition) is 3. The minimum absolute atomic E-state index is 0.0116. The summed E-state index contributed by atoms with van der Waals surface area (Å²) in [6, 6.07) is 5.28. The van der Waals surface area contributed by atoms with Crippen LogP contribution in [0, 0.1) is 5.41 Å². The number of carbonyl (C=O) groups is 1. The number of ether oxygens (including phenoxy) is 1. The maximum absolute atomic E-state index is 11.9. The minimum Gasteiger partial charge on any atom is -0.385 e. The highest BCUT2D eigenvalue weighted by atomic mass is 79.9. The molecule has 1 aromatic heterocycles. The Morgan fingerprint density at radius 1 is 1.50 bits per heavy atom. The van der Waals surface area contributed by atoms with Crippen LogP contribution in [0.15, 0.2) is 22.8 Å². The van der Waals surface area contributed by atoms with Crippen molar-refractivity contribution in [2.24, 2.45) is 5.41 Å². The monoisotopic (exact) mass is 314 g/mol. The molecule has 0 spiro atoms. The van der Waals surface area contributed by atoms with Crippen LogP contribution in [0.1, 0.15) is 30.8 Å². The fourth-order valence-corrected chi connectivity index (χ4v) is 1.76. The largest absolute Gasteiger partial charge is 0.385 e. The lowest BCUT2D eigenvalue weighted by atomic mass is 9.89. The van der Waals surface area contributed by atoms with Crippen LogP contribution in [-0.4, -0.2) is 31.2 Å². The topological polar surface area (TPSA) is 51.2 Å². The van der Waals surface area contributed by atoms with Gasteiger partial charge in [-0.1, -0.05) is 19.9 Å². The summed E-state index contributed by atoms with van der Waals surface area (Å²) in [5, 5.41) is 2.90. The second-order valence-electron chi connectivity index (χ2n) is 4.94. The van der Waals surface area contributed by atoms with E-state index in [-0.39, 0.29) is 11.3 Å². The van der Waals surface area contributed by atoms with Crippen LogP contribution in [0.3, 0.4) is 0 Å². The van der Waals surface area contributed by atoms with Gasteiger partial charge in [0.2, 0.25) is 0 Å². The van der Waals surface area contributed by atoms with Crippen molar-refractivity contribution in [1.29, 1.82) is 0 Å². The molecule has 0 saturated carbocycles. The van der Waals surface area contributed by atoms with Gasteiger partial charge >= 0.3 is 0 Å². The molecule has 0 aromatic carbocycles. The highest BCUT2D eigenvalue weighted by molar-refractivity contribution is 9.10. The van der Waals surface area contributed by atoms with E-state index in [4.69, 9.17) is 4.74 Å². The van der Waals surface area contributed by atoms with Crippen LogP contribution in [0.5, 0.6) is 0 Å². The lowest BCUT2D eigenvalue weighted by molar-refractivity contribution is 0.0916. The Balaban J connectivity index is 2.50. The van der Waals surface area contributed by atoms with E-state index in [1.807, 2.05) is 0 Å². The molecule has 1 N–H and O–H groups in total. The molecule has 1 amide bonds. The maximum atomic E-state index is 11.9. The van der Waals surface area contributed by atoms with Crippen molar-refractivity contribution in [3.05, 3.63) is 28.5 Å². The molecule has 0 atom stereocenters. The number of nitrogens with one attached hydrogen (secondary N) is 1. The van der Waals surface area contributed by atoms with E-state index in [1.54, 1.807) is 25.3 Å². The molecule has 0 bridgehead atoms. The summed E-state index contributed by atoms with van der Waals surface area (Å²) in [5.41, 5.74) is 0.435. The number of methoxy groups -OCH3 is 1. The Morgan fingerprint density at radius 2 is 2.22 bits per heavy atom. The number of aromatic nitrogens is 1. The highest BCUT2D eigenvalue weighted by Crippen LogP contribution is 2.18. The molecule has 1 aromatic rings. The van der Waals surface area contributed by atoms with Gasteiger partial charge in [-0.3, -0.25) is 4.79 Å². The number of rotatable bonds is 6. The van der Waals surface area contributed by atoms with Gasteiger partial charge in [0.05, 0.1) is 0 Å². The molecule has 100 valence electrons.